The van der Waals surface area contributed by atoms with Crippen LogP contribution >= 0.6 is 0 Å². The van der Waals surface area contributed by atoms with Gasteiger partial charge in [-0.3, -0.25) is 9.59 Å². The van der Waals surface area contributed by atoms with Gasteiger partial charge < -0.3 is 19.6 Å². The van der Waals surface area contributed by atoms with Crippen LogP contribution in [0, 0.1) is 5.92 Å². The molecule has 1 atom stereocenters. The molecule has 1 amide bonds. The SMILES string of the molecule is CCOc1ccc(C2C(C(=O)CC(C)C)=C(O)C(=O)N2CCN(C)C)cc1. The highest BCUT2D eigenvalue weighted by Gasteiger charge is 2.43. The highest BCUT2D eigenvalue weighted by molar-refractivity contribution is 6.09. The quantitative estimate of drug-likeness (QED) is 0.720. The number of carbonyl (C=O) groups is 2. The van der Waals surface area contributed by atoms with Gasteiger partial charge in [0.15, 0.2) is 11.5 Å². The van der Waals surface area contributed by atoms with Crippen LogP contribution < -0.4 is 4.74 Å². The molecule has 0 saturated carbocycles. The summed E-state index contributed by atoms with van der Waals surface area (Å²) in [5.74, 6) is -0.207. The minimum atomic E-state index is -0.570. The van der Waals surface area contributed by atoms with Gasteiger partial charge in [-0.05, 0) is 44.6 Å². The van der Waals surface area contributed by atoms with Crippen molar-refractivity contribution in [1.82, 2.24) is 9.80 Å². The Morgan fingerprint density at radius 3 is 2.41 bits per heavy atom. The van der Waals surface area contributed by atoms with E-state index in [1.807, 2.05) is 64.0 Å². The van der Waals surface area contributed by atoms with Crippen LogP contribution in [0.3, 0.4) is 0 Å². The topological polar surface area (TPSA) is 70.1 Å². The lowest BCUT2D eigenvalue weighted by molar-refractivity contribution is -0.129. The molecule has 0 spiro atoms. The Morgan fingerprint density at radius 2 is 1.89 bits per heavy atom. The summed E-state index contributed by atoms with van der Waals surface area (Å²) in [6.07, 6.45) is 0.293. The van der Waals surface area contributed by atoms with Crippen molar-refractivity contribution in [3.63, 3.8) is 0 Å². The van der Waals surface area contributed by atoms with Crippen molar-refractivity contribution in [3.05, 3.63) is 41.2 Å². The van der Waals surface area contributed by atoms with E-state index in [-0.39, 0.29) is 17.3 Å². The molecule has 0 aliphatic carbocycles. The lowest BCUT2D eigenvalue weighted by atomic mass is 9.92. The fourth-order valence-electron chi connectivity index (χ4n) is 3.22. The molecule has 0 bridgehead atoms. The number of hydrogen-bond acceptors (Lipinski definition) is 5. The van der Waals surface area contributed by atoms with Crippen LogP contribution in [0.5, 0.6) is 5.75 Å². The minimum absolute atomic E-state index is 0.143. The lowest BCUT2D eigenvalue weighted by Gasteiger charge is -2.28. The number of rotatable bonds is 9. The second kappa shape index (κ2) is 9.04. The fraction of sp³-hybridized carbons (Fsp3) is 0.524. The predicted molar refractivity (Wildman–Crippen MR) is 105 cm³/mol. The molecule has 1 heterocycles. The molecule has 148 valence electrons. The maximum absolute atomic E-state index is 12.8. The normalized spacial score (nSPS) is 17.4. The van der Waals surface area contributed by atoms with Crippen LogP contribution in [0.4, 0.5) is 0 Å². The van der Waals surface area contributed by atoms with E-state index in [1.165, 1.54) is 0 Å². The molecule has 2 rings (SSSR count). The number of benzene rings is 1. The third-order valence-corrected chi connectivity index (χ3v) is 4.49. The molecular weight excluding hydrogens is 344 g/mol. The van der Waals surface area contributed by atoms with Gasteiger partial charge >= 0.3 is 0 Å². The Labute approximate surface area is 161 Å². The predicted octanol–water partition coefficient (Wildman–Crippen LogP) is 2.96. The van der Waals surface area contributed by atoms with Crippen LogP contribution in [0.1, 0.15) is 38.8 Å². The average Bonchev–Trinajstić information content (AvgIpc) is 2.85. The van der Waals surface area contributed by atoms with Gasteiger partial charge in [0.1, 0.15) is 5.75 Å². The number of Topliss-reactive ketones (excluding diaryl/α,β-unsaturated/α-hetero) is 1. The second-order valence-corrected chi connectivity index (χ2v) is 7.49. The Kier molecular flexibility index (Phi) is 7.02. The molecule has 1 aromatic carbocycles. The van der Waals surface area contributed by atoms with E-state index in [4.69, 9.17) is 4.74 Å². The van der Waals surface area contributed by atoms with E-state index >= 15 is 0 Å². The second-order valence-electron chi connectivity index (χ2n) is 7.49. The number of aliphatic hydroxyl groups is 1. The molecule has 1 aliphatic rings. The third-order valence-electron chi connectivity index (χ3n) is 4.49. The van der Waals surface area contributed by atoms with Gasteiger partial charge in [0.05, 0.1) is 18.2 Å². The van der Waals surface area contributed by atoms with E-state index in [2.05, 4.69) is 0 Å². The molecule has 1 unspecified atom stereocenters. The zero-order valence-corrected chi connectivity index (χ0v) is 16.9. The molecule has 0 fully saturated rings. The summed E-state index contributed by atoms with van der Waals surface area (Å²) in [4.78, 5) is 29.1. The van der Waals surface area contributed by atoms with Crippen molar-refractivity contribution < 1.29 is 19.4 Å². The van der Waals surface area contributed by atoms with Crippen molar-refractivity contribution in [2.75, 3.05) is 33.8 Å². The van der Waals surface area contributed by atoms with Crippen LogP contribution in [-0.4, -0.2) is 60.4 Å². The van der Waals surface area contributed by atoms with Crippen LogP contribution in [-0.2, 0) is 9.59 Å². The molecule has 0 radical (unpaired) electrons. The first-order valence-corrected chi connectivity index (χ1v) is 9.41. The highest BCUT2D eigenvalue weighted by atomic mass is 16.5. The molecule has 0 saturated heterocycles. The zero-order valence-electron chi connectivity index (χ0n) is 16.9. The zero-order chi connectivity index (χ0) is 20.1. The van der Waals surface area contributed by atoms with Gasteiger partial charge in [0.25, 0.3) is 5.91 Å². The Bertz CT molecular complexity index is 707. The van der Waals surface area contributed by atoms with Gasteiger partial charge in [-0.25, -0.2) is 0 Å². The Balaban J connectivity index is 2.42. The maximum atomic E-state index is 12.8. The van der Waals surface area contributed by atoms with E-state index in [9.17, 15) is 14.7 Å². The number of nitrogens with zero attached hydrogens (tertiary/aromatic N) is 2. The standard InChI is InChI=1S/C21H30N2O4/c1-6-27-16-9-7-15(8-10-16)19-18(17(24)13-14(2)3)20(25)21(26)23(19)12-11-22(4)5/h7-10,14,19,25H,6,11-13H2,1-5H3. The summed E-state index contributed by atoms with van der Waals surface area (Å²) in [7, 11) is 3.84. The van der Waals surface area contributed by atoms with Gasteiger partial charge in [-0.15, -0.1) is 0 Å². The number of carbonyl (C=O) groups excluding carboxylic acids is 2. The third kappa shape index (κ3) is 4.89. The van der Waals surface area contributed by atoms with E-state index < -0.39 is 17.7 Å². The summed E-state index contributed by atoms with van der Waals surface area (Å²) in [5.41, 5.74) is 0.998. The van der Waals surface area contributed by atoms with E-state index in [0.717, 1.165) is 11.3 Å². The molecule has 6 nitrogen and oxygen atoms in total. The fourth-order valence-corrected chi connectivity index (χ4v) is 3.22. The van der Waals surface area contributed by atoms with Gasteiger partial charge in [0.2, 0.25) is 0 Å². The number of aliphatic hydroxyl groups excluding tert-OH is 1. The number of ether oxygens (including phenoxy) is 1. The number of hydrogen-bond donors (Lipinski definition) is 1. The first kappa shape index (κ1) is 21.0. The maximum Gasteiger partial charge on any atom is 0.290 e. The summed E-state index contributed by atoms with van der Waals surface area (Å²) in [5, 5.41) is 10.5. The number of likely N-dealkylation sites (N-methyl/N-ethyl adjacent to an activating group) is 1. The van der Waals surface area contributed by atoms with Gasteiger partial charge in [0, 0.05) is 19.5 Å². The number of ketones is 1. The largest absolute Gasteiger partial charge is 0.503 e. The molecule has 27 heavy (non-hydrogen) atoms. The monoisotopic (exact) mass is 374 g/mol. The summed E-state index contributed by atoms with van der Waals surface area (Å²) < 4.78 is 5.48. The summed E-state index contributed by atoms with van der Waals surface area (Å²) in [6, 6.07) is 6.79. The molecule has 1 N–H and O–H groups in total. The first-order valence-electron chi connectivity index (χ1n) is 9.41. The molecular formula is C21H30N2O4. The van der Waals surface area contributed by atoms with Crippen molar-refractivity contribution >= 4 is 11.7 Å². The van der Waals surface area contributed by atoms with Crippen molar-refractivity contribution in [3.8, 4) is 5.75 Å². The van der Waals surface area contributed by atoms with E-state index in [1.54, 1.807) is 4.90 Å². The summed E-state index contributed by atoms with van der Waals surface area (Å²) >= 11 is 0. The van der Waals surface area contributed by atoms with Gasteiger partial charge in [-0.2, -0.15) is 0 Å². The Hall–Kier alpha value is -2.34. The lowest BCUT2D eigenvalue weighted by Crippen LogP contribution is -2.36. The molecule has 1 aromatic rings. The minimum Gasteiger partial charge on any atom is -0.503 e. The van der Waals surface area contributed by atoms with Gasteiger partial charge in [-0.1, -0.05) is 26.0 Å². The first-order chi connectivity index (χ1) is 12.8. The van der Waals surface area contributed by atoms with Crippen LogP contribution in [0.2, 0.25) is 0 Å². The van der Waals surface area contributed by atoms with Crippen molar-refractivity contribution in [2.24, 2.45) is 5.92 Å². The molecule has 1 aliphatic heterocycles. The molecule has 6 heteroatoms. The number of amides is 1. The highest BCUT2D eigenvalue weighted by Crippen LogP contribution is 2.38. The average molecular weight is 374 g/mol. The van der Waals surface area contributed by atoms with Crippen molar-refractivity contribution in [1.29, 1.82) is 0 Å². The Morgan fingerprint density at radius 1 is 1.26 bits per heavy atom. The molecule has 0 aromatic heterocycles. The van der Waals surface area contributed by atoms with E-state index in [0.29, 0.717) is 26.1 Å². The van der Waals surface area contributed by atoms with Crippen molar-refractivity contribution in [2.45, 2.75) is 33.2 Å². The van der Waals surface area contributed by atoms with Crippen LogP contribution in [0.15, 0.2) is 35.6 Å². The summed E-state index contributed by atoms with van der Waals surface area (Å²) in [6.45, 7) is 7.43. The van der Waals surface area contributed by atoms with Crippen LogP contribution in [0.25, 0.3) is 0 Å². The smallest absolute Gasteiger partial charge is 0.290 e.